The van der Waals surface area contributed by atoms with E-state index in [2.05, 4.69) is 15.1 Å². The number of fused-ring (bicyclic) bond motifs is 1. The van der Waals surface area contributed by atoms with Gasteiger partial charge in [0.15, 0.2) is 5.82 Å². The summed E-state index contributed by atoms with van der Waals surface area (Å²) < 4.78 is 0. The Bertz CT molecular complexity index is 705. The molecule has 2 amide bonds. The molecule has 3 heterocycles. The molecule has 7 nitrogen and oxygen atoms in total. The normalized spacial score (nSPS) is 28.8. The number of piperazine rings is 1. The van der Waals surface area contributed by atoms with Gasteiger partial charge in [0, 0.05) is 32.2 Å². The highest BCUT2D eigenvalue weighted by Gasteiger charge is 2.45. The summed E-state index contributed by atoms with van der Waals surface area (Å²) in [6.45, 7) is 3.77. The molecule has 0 N–H and O–H groups in total. The molecule has 1 aromatic rings. The number of piperidine rings is 1. The van der Waals surface area contributed by atoms with Gasteiger partial charge in [0.25, 0.3) is 0 Å². The van der Waals surface area contributed by atoms with Gasteiger partial charge >= 0.3 is 11.8 Å². The van der Waals surface area contributed by atoms with E-state index in [0.29, 0.717) is 19.6 Å². The fourth-order valence-electron chi connectivity index (χ4n) is 4.79. The van der Waals surface area contributed by atoms with Gasteiger partial charge in [0.05, 0.1) is 12.2 Å². The van der Waals surface area contributed by atoms with E-state index >= 15 is 0 Å². The lowest BCUT2D eigenvalue weighted by molar-refractivity contribution is -0.158. The smallest absolute Gasteiger partial charge is 0.312 e. The summed E-state index contributed by atoms with van der Waals surface area (Å²) >= 11 is 0. The third kappa shape index (κ3) is 2.83. The summed E-state index contributed by atoms with van der Waals surface area (Å²) in [6, 6.07) is 4.20. The van der Waals surface area contributed by atoms with E-state index in [1.54, 1.807) is 9.80 Å². The lowest BCUT2D eigenvalue weighted by Crippen LogP contribution is -2.56. The Kier molecular flexibility index (Phi) is 3.83. The predicted octanol–water partition coefficient (Wildman–Crippen LogP) is 1.05. The van der Waals surface area contributed by atoms with Gasteiger partial charge in [-0.05, 0) is 43.2 Å². The van der Waals surface area contributed by atoms with Crippen LogP contribution in [0.1, 0.15) is 37.8 Å². The van der Waals surface area contributed by atoms with Crippen molar-refractivity contribution in [3.8, 4) is 0 Å². The predicted molar refractivity (Wildman–Crippen MR) is 95.2 cm³/mol. The Morgan fingerprint density at radius 3 is 2.42 bits per heavy atom. The summed E-state index contributed by atoms with van der Waals surface area (Å²) in [5.41, 5.74) is 0.744. The van der Waals surface area contributed by atoms with Crippen molar-refractivity contribution in [1.82, 2.24) is 20.0 Å². The van der Waals surface area contributed by atoms with Crippen LogP contribution in [0.15, 0.2) is 12.1 Å². The van der Waals surface area contributed by atoms with Crippen LogP contribution in [-0.4, -0.2) is 64.0 Å². The Labute approximate surface area is 153 Å². The van der Waals surface area contributed by atoms with Gasteiger partial charge in [-0.2, -0.15) is 5.10 Å². The Morgan fingerprint density at radius 2 is 1.73 bits per heavy atom. The average Bonchev–Trinajstić information content (AvgIpc) is 3.04. The SMILES string of the molecule is O=C1C(=O)N(C2CCCC2)CCN1Cc1ccc(N2CC3CC3C2)nn1. The fraction of sp³-hybridized carbons (Fsp3) is 0.684. The first-order valence-electron chi connectivity index (χ1n) is 9.86. The van der Waals surface area contributed by atoms with Gasteiger partial charge in [-0.25, -0.2) is 0 Å². The molecule has 2 unspecified atom stereocenters. The molecule has 0 radical (unpaired) electrons. The number of carbonyl (C=O) groups is 2. The maximum Gasteiger partial charge on any atom is 0.312 e. The zero-order valence-electron chi connectivity index (χ0n) is 15.0. The highest BCUT2D eigenvalue weighted by molar-refractivity contribution is 6.35. The van der Waals surface area contributed by atoms with Gasteiger partial charge in [-0.1, -0.05) is 12.8 Å². The van der Waals surface area contributed by atoms with E-state index in [4.69, 9.17) is 0 Å². The molecule has 2 atom stereocenters. The van der Waals surface area contributed by atoms with Crippen LogP contribution in [0.2, 0.25) is 0 Å². The van der Waals surface area contributed by atoms with Crippen LogP contribution in [0.3, 0.4) is 0 Å². The van der Waals surface area contributed by atoms with Gasteiger partial charge in [0.1, 0.15) is 0 Å². The fourth-order valence-corrected chi connectivity index (χ4v) is 4.79. The second-order valence-electron chi connectivity index (χ2n) is 8.21. The van der Waals surface area contributed by atoms with Gasteiger partial charge in [-0.3, -0.25) is 9.59 Å². The van der Waals surface area contributed by atoms with E-state index in [1.165, 1.54) is 6.42 Å². The quantitative estimate of drug-likeness (QED) is 0.755. The molecule has 7 heteroatoms. The summed E-state index contributed by atoms with van der Waals surface area (Å²) in [5, 5.41) is 8.65. The maximum atomic E-state index is 12.5. The minimum atomic E-state index is -0.395. The molecule has 138 valence electrons. The molecular weight excluding hydrogens is 330 g/mol. The molecule has 26 heavy (non-hydrogen) atoms. The Balaban J connectivity index is 1.21. The van der Waals surface area contributed by atoms with Crippen LogP contribution >= 0.6 is 0 Å². The van der Waals surface area contributed by atoms with E-state index in [-0.39, 0.29) is 11.9 Å². The minimum Gasteiger partial charge on any atom is -0.355 e. The van der Waals surface area contributed by atoms with Crippen LogP contribution in [0.5, 0.6) is 0 Å². The van der Waals surface area contributed by atoms with Crippen molar-refractivity contribution in [1.29, 1.82) is 0 Å². The van der Waals surface area contributed by atoms with Crippen LogP contribution in [0.25, 0.3) is 0 Å². The molecular formula is C19H25N5O2. The van der Waals surface area contributed by atoms with Crippen molar-refractivity contribution in [2.24, 2.45) is 11.8 Å². The van der Waals surface area contributed by atoms with E-state index in [1.807, 2.05) is 12.1 Å². The third-order valence-corrected chi connectivity index (χ3v) is 6.47. The lowest BCUT2D eigenvalue weighted by atomic mass is 10.1. The van der Waals surface area contributed by atoms with E-state index < -0.39 is 5.91 Å². The van der Waals surface area contributed by atoms with Crippen LogP contribution in [0.4, 0.5) is 5.82 Å². The molecule has 0 bridgehead atoms. The number of aromatic nitrogens is 2. The Hall–Kier alpha value is -2.18. The first kappa shape index (κ1) is 16.0. The molecule has 2 aliphatic carbocycles. The molecule has 4 fully saturated rings. The van der Waals surface area contributed by atoms with Crippen LogP contribution in [0, 0.1) is 11.8 Å². The lowest BCUT2D eigenvalue weighted by Gasteiger charge is -2.37. The highest BCUT2D eigenvalue weighted by Crippen LogP contribution is 2.45. The molecule has 0 spiro atoms. The van der Waals surface area contributed by atoms with Gasteiger partial charge in [0.2, 0.25) is 0 Å². The first-order chi connectivity index (χ1) is 12.7. The summed E-state index contributed by atoms with van der Waals surface area (Å²) in [5.74, 6) is 1.90. The number of anilines is 1. The monoisotopic (exact) mass is 355 g/mol. The second kappa shape index (κ2) is 6.21. The number of carbonyl (C=O) groups excluding carboxylic acids is 2. The van der Waals surface area contributed by atoms with Crippen molar-refractivity contribution in [2.75, 3.05) is 31.1 Å². The van der Waals surface area contributed by atoms with E-state index in [9.17, 15) is 9.59 Å². The van der Waals surface area contributed by atoms with Crippen LogP contribution in [-0.2, 0) is 16.1 Å². The van der Waals surface area contributed by atoms with Crippen LogP contribution < -0.4 is 4.90 Å². The summed E-state index contributed by atoms with van der Waals surface area (Å²) in [6.07, 6.45) is 5.75. The largest absolute Gasteiger partial charge is 0.355 e. The zero-order valence-corrected chi connectivity index (χ0v) is 15.0. The molecule has 1 aromatic heterocycles. The number of amides is 2. The van der Waals surface area contributed by atoms with Crippen molar-refractivity contribution in [3.05, 3.63) is 17.8 Å². The zero-order chi connectivity index (χ0) is 17.7. The van der Waals surface area contributed by atoms with Gasteiger partial charge < -0.3 is 14.7 Å². The number of hydrogen-bond acceptors (Lipinski definition) is 5. The van der Waals surface area contributed by atoms with E-state index in [0.717, 1.165) is 62.1 Å². The van der Waals surface area contributed by atoms with Crippen molar-refractivity contribution in [2.45, 2.75) is 44.7 Å². The third-order valence-electron chi connectivity index (χ3n) is 6.47. The van der Waals surface area contributed by atoms with Crippen molar-refractivity contribution in [3.63, 3.8) is 0 Å². The number of hydrogen-bond donors (Lipinski definition) is 0. The topological polar surface area (TPSA) is 69.6 Å². The summed E-state index contributed by atoms with van der Waals surface area (Å²) in [7, 11) is 0. The highest BCUT2D eigenvalue weighted by atomic mass is 16.2. The number of nitrogens with zero attached hydrogens (tertiary/aromatic N) is 5. The van der Waals surface area contributed by atoms with Crippen molar-refractivity contribution < 1.29 is 9.59 Å². The molecule has 5 rings (SSSR count). The number of rotatable bonds is 4. The minimum absolute atomic E-state index is 0.263. The van der Waals surface area contributed by atoms with Crippen molar-refractivity contribution >= 4 is 17.6 Å². The molecule has 0 aromatic carbocycles. The Morgan fingerprint density at radius 1 is 0.962 bits per heavy atom. The average molecular weight is 355 g/mol. The molecule has 2 saturated carbocycles. The second-order valence-corrected chi connectivity index (χ2v) is 8.21. The maximum absolute atomic E-state index is 12.5. The first-order valence-corrected chi connectivity index (χ1v) is 9.86. The molecule has 2 aliphatic heterocycles. The molecule has 2 saturated heterocycles. The molecule has 4 aliphatic rings. The summed E-state index contributed by atoms with van der Waals surface area (Å²) in [4.78, 5) is 30.7. The van der Waals surface area contributed by atoms with Gasteiger partial charge in [-0.15, -0.1) is 5.10 Å². The standard InChI is InChI=1S/C19H25N5O2/c25-18-19(26)24(16-3-1-2-4-16)8-7-22(18)12-15-5-6-17(21-20-15)23-10-13-9-14(13)11-23/h5-6,13-14,16H,1-4,7-12H2.